The third-order valence-electron chi connectivity index (χ3n) is 2.17. The van der Waals surface area contributed by atoms with E-state index in [1.165, 1.54) is 4.68 Å². The molecule has 0 aromatic carbocycles. The van der Waals surface area contributed by atoms with Gasteiger partial charge < -0.3 is 10.6 Å². The maximum atomic E-state index is 11.5. The number of anilines is 1. The third kappa shape index (κ3) is 2.70. The second-order valence-electron chi connectivity index (χ2n) is 3.34. The lowest BCUT2D eigenvalue weighted by molar-refractivity contribution is 0.701. The molecule has 5 nitrogen and oxygen atoms in total. The van der Waals surface area contributed by atoms with Crippen molar-refractivity contribution in [3.8, 4) is 0 Å². The highest BCUT2D eigenvalue weighted by atomic mass is 35.5. The Morgan fingerprint density at radius 1 is 1.67 bits per heavy atom. The average Bonchev–Trinajstić information content (AvgIpc) is 2.23. The monoisotopic (exact) mass is 230 g/mol. The maximum Gasteiger partial charge on any atom is 0.287 e. The highest BCUT2D eigenvalue weighted by Crippen LogP contribution is 2.19. The van der Waals surface area contributed by atoms with Crippen LogP contribution in [0.3, 0.4) is 0 Å². The molecule has 0 spiro atoms. The largest absolute Gasteiger partial charge is 0.372 e. The van der Waals surface area contributed by atoms with Crippen molar-refractivity contribution < 1.29 is 0 Å². The molecule has 6 heteroatoms. The Labute approximate surface area is 93.4 Å². The second kappa shape index (κ2) is 5.14. The van der Waals surface area contributed by atoms with Crippen LogP contribution < -0.4 is 16.2 Å². The van der Waals surface area contributed by atoms with Crippen LogP contribution in [0.2, 0.25) is 5.02 Å². The molecule has 0 fully saturated rings. The normalized spacial score (nSPS) is 10.4. The van der Waals surface area contributed by atoms with Gasteiger partial charge in [-0.1, -0.05) is 11.6 Å². The quantitative estimate of drug-likeness (QED) is 0.804. The van der Waals surface area contributed by atoms with E-state index >= 15 is 0 Å². The van der Waals surface area contributed by atoms with Gasteiger partial charge in [-0.15, -0.1) is 0 Å². The molecule has 1 aromatic rings. The van der Waals surface area contributed by atoms with Crippen LogP contribution in [-0.2, 0) is 7.05 Å². The molecule has 0 aliphatic carbocycles. The molecule has 84 valence electrons. The Morgan fingerprint density at radius 3 is 2.93 bits per heavy atom. The minimum Gasteiger partial charge on any atom is -0.372 e. The number of nitrogens with two attached hydrogens (primary N) is 1. The molecule has 1 heterocycles. The van der Waals surface area contributed by atoms with Crippen molar-refractivity contribution in [3.63, 3.8) is 0 Å². The van der Waals surface area contributed by atoms with E-state index in [1.807, 2.05) is 11.9 Å². The summed E-state index contributed by atoms with van der Waals surface area (Å²) in [6.07, 6.45) is 2.43. The highest BCUT2D eigenvalue weighted by molar-refractivity contribution is 6.32. The minimum absolute atomic E-state index is 0.201. The molecular weight excluding hydrogens is 216 g/mol. The molecule has 0 aliphatic heterocycles. The van der Waals surface area contributed by atoms with Gasteiger partial charge in [0.25, 0.3) is 5.56 Å². The van der Waals surface area contributed by atoms with Gasteiger partial charge in [0.15, 0.2) is 0 Å². The molecule has 2 N–H and O–H groups in total. The summed E-state index contributed by atoms with van der Waals surface area (Å²) in [7, 11) is 3.43. The summed E-state index contributed by atoms with van der Waals surface area (Å²) in [5.41, 5.74) is 5.77. The van der Waals surface area contributed by atoms with Crippen LogP contribution >= 0.6 is 11.6 Å². The first-order valence-corrected chi connectivity index (χ1v) is 5.08. The lowest BCUT2D eigenvalue weighted by atomic mass is 10.3. The van der Waals surface area contributed by atoms with E-state index in [2.05, 4.69) is 5.10 Å². The Kier molecular flexibility index (Phi) is 4.11. The Bertz CT molecular complexity index is 390. The number of halogens is 1. The smallest absolute Gasteiger partial charge is 0.287 e. The molecule has 0 unspecified atom stereocenters. The van der Waals surface area contributed by atoms with Gasteiger partial charge in [-0.25, -0.2) is 4.68 Å². The van der Waals surface area contributed by atoms with E-state index in [9.17, 15) is 4.79 Å². The number of aromatic nitrogens is 2. The van der Waals surface area contributed by atoms with Gasteiger partial charge in [-0.2, -0.15) is 5.10 Å². The lowest BCUT2D eigenvalue weighted by Gasteiger charge is -2.19. The molecule has 1 aromatic heterocycles. The topological polar surface area (TPSA) is 64.2 Å². The molecule has 15 heavy (non-hydrogen) atoms. The molecule has 1 rings (SSSR count). The molecule has 0 amide bonds. The van der Waals surface area contributed by atoms with E-state index in [0.717, 1.165) is 13.0 Å². The standard InChI is InChI=1S/C9H15ClN4O/c1-13(5-3-4-11)7-6-12-14(2)9(15)8(7)10/h6H,3-5,11H2,1-2H3. The van der Waals surface area contributed by atoms with Crippen LogP contribution in [0, 0.1) is 0 Å². The number of nitrogens with zero attached hydrogens (tertiary/aromatic N) is 3. The van der Waals surface area contributed by atoms with Crippen molar-refractivity contribution in [3.05, 3.63) is 21.6 Å². The zero-order valence-corrected chi connectivity index (χ0v) is 9.66. The molecule has 0 saturated heterocycles. The molecule has 0 bridgehead atoms. The first-order chi connectivity index (χ1) is 7.07. The van der Waals surface area contributed by atoms with Crippen LogP contribution in [0.25, 0.3) is 0 Å². The van der Waals surface area contributed by atoms with Gasteiger partial charge in [-0.3, -0.25) is 4.79 Å². The molecular formula is C9H15ClN4O. The van der Waals surface area contributed by atoms with Gasteiger partial charge in [0.1, 0.15) is 5.02 Å². The van der Waals surface area contributed by atoms with Gasteiger partial charge in [0, 0.05) is 20.6 Å². The van der Waals surface area contributed by atoms with Crippen molar-refractivity contribution in [1.29, 1.82) is 0 Å². The van der Waals surface area contributed by atoms with E-state index in [1.54, 1.807) is 13.2 Å². The van der Waals surface area contributed by atoms with E-state index in [-0.39, 0.29) is 10.6 Å². The Hall–Kier alpha value is -1.07. The summed E-state index contributed by atoms with van der Waals surface area (Å²) in [6.45, 7) is 1.37. The SMILES string of the molecule is CN(CCCN)c1cnn(C)c(=O)c1Cl. The molecule has 0 aliphatic rings. The summed E-state index contributed by atoms with van der Waals surface area (Å²) in [4.78, 5) is 13.4. The van der Waals surface area contributed by atoms with Crippen molar-refractivity contribution in [1.82, 2.24) is 9.78 Å². The van der Waals surface area contributed by atoms with Gasteiger partial charge in [0.05, 0.1) is 11.9 Å². The van der Waals surface area contributed by atoms with Crippen LogP contribution in [0.5, 0.6) is 0 Å². The van der Waals surface area contributed by atoms with Crippen LogP contribution in [0.15, 0.2) is 11.0 Å². The highest BCUT2D eigenvalue weighted by Gasteiger charge is 2.10. The Balaban J connectivity index is 2.95. The summed E-state index contributed by atoms with van der Waals surface area (Å²) in [5, 5.41) is 4.12. The fourth-order valence-electron chi connectivity index (χ4n) is 1.22. The number of hydrogen-bond acceptors (Lipinski definition) is 4. The fraction of sp³-hybridized carbons (Fsp3) is 0.556. The van der Waals surface area contributed by atoms with Crippen molar-refractivity contribution in [2.24, 2.45) is 12.8 Å². The summed E-state index contributed by atoms with van der Waals surface area (Å²) < 4.78 is 1.21. The summed E-state index contributed by atoms with van der Waals surface area (Å²) in [6, 6.07) is 0. The van der Waals surface area contributed by atoms with Gasteiger partial charge in [-0.05, 0) is 13.0 Å². The van der Waals surface area contributed by atoms with Crippen molar-refractivity contribution in [2.45, 2.75) is 6.42 Å². The average molecular weight is 231 g/mol. The fourth-order valence-corrected chi connectivity index (χ4v) is 1.53. The van der Waals surface area contributed by atoms with Crippen LogP contribution in [-0.4, -0.2) is 29.9 Å². The first-order valence-electron chi connectivity index (χ1n) is 4.71. The van der Waals surface area contributed by atoms with Gasteiger partial charge >= 0.3 is 0 Å². The minimum atomic E-state index is -0.284. The predicted octanol–water partition coefficient (Wildman–Crippen LogP) is 0.219. The van der Waals surface area contributed by atoms with Crippen molar-refractivity contribution in [2.75, 3.05) is 25.0 Å². The van der Waals surface area contributed by atoms with Gasteiger partial charge in [0.2, 0.25) is 0 Å². The third-order valence-corrected chi connectivity index (χ3v) is 2.52. The number of hydrogen-bond donors (Lipinski definition) is 1. The number of aryl methyl sites for hydroxylation is 1. The van der Waals surface area contributed by atoms with Crippen molar-refractivity contribution >= 4 is 17.3 Å². The van der Waals surface area contributed by atoms with E-state index < -0.39 is 0 Å². The number of rotatable bonds is 4. The first kappa shape index (κ1) is 12.0. The second-order valence-corrected chi connectivity index (χ2v) is 3.71. The van der Waals surface area contributed by atoms with Crippen LogP contribution in [0.1, 0.15) is 6.42 Å². The summed E-state index contributed by atoms with van der Waals surface area (Å²) >= 11 is 5.93. The molecule has 0 saturated carbocycles. The summed E-state index contributed by atoms with van der Waals surface area (Å²) in [5.74, 6) is 0. The maximum absolute atomic E-state index is 11.5. The molecule has 0 radical (unpaired) electrons. The zero-order chi connectivity index (χ0) is 11.4. The Morgan fingerprint density at radius 2 is 2.33 bits per heavy atom. The zero-order valence-electron chi connectivity index (χ0n) is 8.90. The van der Waals surface area contributed by atoms with Crippen LogP contribution in [0.4, 0.5) is 5.69 Å². The predicted molar refractivity (Wildman–Crippen MR) is 61.4 cm³/mol. The van der Waals surface area contributed by atoms with E-state index in [0.29, 0.717) is 12.2 Å². The molecule has 0 atom stereocenters. The van der Waals surface area contributed by atoms with E-state index in [4.69, 9.17) is 17.3 Å². The lowest BCUT2D eigenvalue weighted by Crippen LogP contribution is -2.27.